The number of ether oxygens (including phenoxy) is 2. The molecular weight excluding hydrogens is 268 g/mol. The third kappa shape index (κ3) is 3.22. The van der Waals surface area contributed by atoms with E-state index in [1.165, 1.54) is 19.3 Å². The fourth-order valence-electron chi connectivity index (χ4n) is 3.33. The number of rotatable bonds is 5. The van der Waals surface area contributed by atoms with Gasteiger partial charge in [-0.05, 0) is 37.9 Å². The van der Waals surface area contributed by atoms with Gasteiger partial charge in [0.05, 0.1) is 0 Å². The number of allylic oxidation sites excluding steroid dienone is 1. The average Bonchev–Trinajstić information content (AvgIpc) is 2.48. The highest BCUT2D eigenvalue weighted by molar-refractivity contribution is 6.73. The van der Waals surface area contributed by atoms with Crippen molar-refractivity contribution in [2.75, 3.05) is 6.61 Å². The lowest BCUT2D eigenvalue weighted by Crippen LogP contribution is -2.44. The van der Waals surface area contributed by atoms with Gasteiger partial charge in [0, 0.05) is 12.8 Å². The molecule has 0 aromatic heterocycles. The van der Waals surface area contributed by atoms with E-state index in [4.69, 9.17) is 13.9 Å². The first-order valence-corrected chi connectivity index (χ1v) is 10.8. The Morgan fingerprint density at radius 2 is 1.65 bits per heavy atom. The van der Waals surface area contributed by atoms with Crippen molar-refractivity contribution in [2.24, 2.45) is 0 Å². The molecule has 2 aliphatic rings. The summed E-state index contributed by atoms with van der Waals surface area (Å²) in [7, 11) is -1.63. The summed E-state index contributed by atoms with van der Waals surface area (Å²) >= 11 is 0. The van der Waals surface area contributed by atoms with Crippen molar-refractivity contribution in [1.29, 1.82) is 0 Å². The summed E-state index contributed by atoms with van der Waals surface area (Å²) < 4.78 is 18.7. The Morgan fingerprint density at radius 1 is 1.05 bits per heavy atom. The van der Waals surface area contributed by atoms with Gasteiger partial charge in [0.2, 0.25) is 14.1 Å². The Morgan fingerprint density at radius 3 is 2.15 bits per heavy atom. The van der Waals surface area contributed by atoms with E-state index in [0.29, 0.717) is 6.61 Å². The molecule has 1 spiro atoms. The highest BCUT2D eigenvalue weighted by Crippen LogP contribution is 2.39. The molecular formula is C16H30O3Si. The predicted molar refractivity (Wildman–Crippen MR) is 83.8 cm³/mol. The first-order valence-electron chi connectivity index (χ1n) is 8.30. The summed E-state index contributed by atoms with van der Waals surface area (Å²) in [6.07, 6.45) is 5.77. The average molecular weight is 298 g/mol. The molecule has 1 saturated carbocycles. The van der Waals surface area contributed by atoms with Crippen LogP contribution in [-0.2, 0) is 13.9 Å². The van der Waals surface area contributed by atoms with Crippen molar-refractivity contribution in [3.8, 4) is 0 Å². The molecule has 0 aromatic rings. The van der Waals surface area contributed by atoms with E-state index in [1.54, 1.807) is 0 Å². The fourth-order valence-corrected chi connectivity index (χ4v) is 5.99. The van der Waals surface area contributed by atoms with Crippen LogP contribution in [0.25, 0.3) is 0 Å². The van der Waals surface area contributed by atoms with E-state index in [1.807, 2.05) is 6.92 Å². The van der Waals surface area contributed by atoms with Crippen LogP contribution in [0.5, 0.6) is 0 Å². The van der Waals surface area contributed by atoms with Crippen LogP contribution in [0.1, 0.15) is 59.8 Å². The Bertz CT molecular complexity index is 346. The minimum absolute atomic E-state index is 0.343. The molecule has 20 heavy (non-hydrogen) atoms. The molecule has 2 rings (SSSR count). The van der Waals surface area contributed by atoms with Crippen LogP contribution in [0, 0.1) is 0 Å². The standard InChI is InChI=1S/C16H30O3Si/c1-5-20(6-2,7-3)19-15-13-17-16(18-14(15)4)11-9-8-10-12-16/h5-13H2,1-4H3. The molecule has 116 valence electrons. The molecule has 0 unspecified atom stereocenters. The number of hydrogen-bond donors (Lipinski definition) is 0. The highest BCUT2D eigenvalue weighted by atomic mass is 28.4. The van der Waals surface area contributed by atoms with Gasteiger partial charge in [-0.3, -0.25) is 0 Å². The smallest absolute Gasteiger partial charge is 0.250 e. The largest absolute Gasteiger partial charge is 0.543 e. The van der Waals surface area contributed by atoms with Crippen molar-refractivity contribution in [3.05, 3.63) is 11.5 Å². The van der Waals surface area contributed by atoms with Gasteiger partial charge >= 0.3 is 0 Å². The van der Waals surface area contributed by atoms with Crippen LogP contribution in [-0.4, -0.2) is 20.7 Å². The minimum atomic E-state index is -1.63. The van der Waals surface area contributed by atoms with Crippen molar-refractivity contribution < 1.29 is 13.9 Å². The second-order valence-electron chi connectivity index (χ2n) is 6.19. The molecule has 1 heterocycles. The first kappa shape index (κ1) is 15.9. The molecule has 0 saturated heterocycles. The maximum atomic E-state index is 6.44. The van der Waals surface area contributed by atoms with Crippen LogP contribution >= 0.6 is 0 Å². The first-order chi connectivity index (χ1) is 9.59. The van der Waals surface area contributed by atoms with E-state index < -0.39 is 8.32 Å². The molecule has 1 aliphatic heterocycles. The van der Waals surface area contributed by atoms with Crippen LogP contribution in [0.3, 0.4) is 0 Å². The monoisotopic (exact) mass is 298 g/mol. The van der Waals surface area contributed by atoms with Crippen molar-refractivity contribution >= 4 is 8.32 Å². The Hall–Kier alpha value is -0.483. The van der Waals surface area contributed by atoms with Gasteiger partial charge in [-0.25, -0.2) is 0 Å². The molecule has 0 aromatic carbocycles. The van der Waals surface area contributed by atoms with E-state index in [9.17, 15) is 0 Å². The topological polar surface area (TPSA) is 27.7 Å². The molecule has 1 aliphatic carbocycles. The zero-order chi connectivity index (χ0) is 14.6. The van der Waals surface area contributed by atoms with Gasteiger partial charge in [0.25, 0.3) is 0 Å². The molecule has 0 amide bonds. The second kappa shape index (κ2) is 6.52. The zero-order valence-electron chi connectivity index (χ0n) is 13.6. The van der Waals surface area contributed by atoms with E-state index in [-0.39, 0.29) is 5.79 Å². The molecule has 0 atom stereocenters. The molecule has 3 nitrogen and oxygen atoms in total. The Kier molecular flexibility index (Phi) is 5.18. The zero-order valence-corrected chi connectivity index (χ0v) is 14.6. The van der Waals surface area contributed by atoms with Gasteiger partial charge < -0.3 is 13.9 Å². The van der Waals surface area contributed by atoms with Crippen LogP contribution in [0.15, 0.2) is 11.5 Å². The highest BCUT2D eigenvalue weighted by Gasteiger charge is 2.41. The second-order valence-corrected chi connectivity index (χ2v) is 10.9. The summed E-state index contributed by atoms with van der Waals surface area (Å²) in [6, 6.07) is 3.46. The summed E-state index contributed by atoms with van der Waals surface area (Å²) in [5, 5.41) is 0. The summed E-state index contributed by atoms with van der Waals surface area (Å²) in [5.41, 5.74) is 0. The van der Waals surface area contributed by atoms with Crippen LogP contribution < -0.4 is 0 Å². The van der Waals surface area contributed by atoms with Gasteiger partial charge in [-0.15, -0.1) is 0 Å². The van der Waals surface area contributed by atoms with Gasteiger partial charge in [-0.2, -0.15) is 0 Å². The normalized spacial score (nSPS) is 22.8. The van der Waals surface area contributed by atoms with Gasteiger partial charge in [0.1, 0.15) is 18.1 Å². The quantitative estimate of drug-likeness (QED) is 0.672. The molecule has 1 fully saturated rings. The summed E-state index contributed by atoms with van der Waals surface area (Å²) in [4.78, 5) is 0. The SMILES string of the molecule is CC[Si](CC)(CC)OC1=C(C)OC2(CCCCC2)OC1. The third-order valence-corrected chi connectivity index (χ3v) is 9.63. The lowest BCUT2D eigenvalue weighted by molar-refractivity contribution is -0.246. The Labute approximate surface area is 124 Å². The lowest BCUT2D eigenvalue weighted by Gasteiger charge is -2.42. The van der Waals surface area contributed by atoms with E-state index in [0.717, 1.165) is 42.5 Å². The van der Waals surface area contributed by atoms with Gasteiger partial charge in [0.15, 0.2) is 0 Å². The van der Waals surface area contributed by atoms with Crippen molar-refractivity contribution in [3.63, 3.8) is 0 Å². The third-order valence-electron chi connectivity index (χ3n) is 5.09. The lowest BCUT2D eigenvalue weighted by atomic mass is 9.93. The van der Waals surface area contributed by atoms with Crippen molar-refractivity contribution in [1.82, 2.24) is 0 Å². The Balaban J connectivity index is 2.08. The molecule has 0 radical (unpaired) electrons. The number of hydrogen-bond acceptors (Lipinski definition) is 3. The summed E-state index contributed by atoms with van der Waals surface area (Å²) in [6.45, 7) is 9.40. The fraction of sp³-hybridized carbons (Fsp3) is 0.875. The van der Waals surface area contributed by atoms with E-state index >= 15 is 0 Å². The van der Waals surface area contributed by atoms with E-state index in [2.05, 4.69) is 20.8 Å². The predicted octanol–water partition coefficient (Wildman–Crippen LogP) is 4.95. The van der Waals surface area contributed by atoms with Gasteiger partial charge in [-0.1, -0.05) is 27.2 Å². The van der Waals surface area contributed by atoms with Crippen LogP contribution in [0.2, 0.25) is 18.1 Å². The van der Waals surface area contributed by atoms with Crippen LogP contribution in [0.4, 0.5) is 0 Å². The summed E-state index contributed by atoms with van der Waals surface area (Å²) in [5.74, 6) is 1.58. The molecule has 0 bridgehead atoms. The molecule has 4 heteroatoms. The maximum absolute atomic E-state index is 6.44. The van der Waals surface area contributed by atoms with Crippen molar-refractivity contribution in [2.45, 2.75) is 83.7 Å². The minimum Gasteiger partial charge on any atom is -0.543 e. The molecule has 0 N–H and O–H groups in total. The maximum Gasteiger partial charge on any atom is 0.250 e.